The lowest BCUT2D eigenvalue weighted by atomic mass is 10.0. The van der Waals surface area contributed by atoms with E-state index < -0.39 is 17.6 Å². The number of nitrogens with two attached hydrogens (primary N) is 2. The number of rotatable bonds is 10. The van der Waals surface area contributed by atoms with Gasteiger partial charge in [0.05, 0.1) is 28.3 Å². The Kier molecular flexibility index (Phi) is 8.06. The third-order valence-electron chi connectivity index (χ3n) is 6.25. The van der Waals surface area contributed by atoms with E-state index in [0.717, 1.165) is 24.8 Å². The van der Waals surface area contributed by atoms with Gasteiger partial charge >= 0.3 is 5.69 Å². The first-order valence-corrected chi connectivity index (χ1v) is 12.5. The van der Waals surface area contributed by atoms with Gasteiger partial charge in [0, 0.05) is 29.6 Å². The Labute approximate surface area is 218 Å². The van der Waals surface area contributed by atoms with Crippen molar-refractivity contribution >= 4 is 28.5 Å². The van der Waals surface area contributed by atoms with Gasteiger partial charge in [-0.3, -0.25) is 9.98 Å². The summed E-state index contributed by atoms with van der Waals surface area (Å²) in [7, 11) is 0. The van der Waals surface area contributed by atoms with Gasteiger partial charge in [-0.1, -0.05) is 23.7 Å². The van der Waals surface area contributed by atoms with Gasteiger partial charge < -0.3 is 21.6 Å². The first kappa shape index (κ1) is 26.5. The van der Waals surface area contributed by atoms with Crippen molar-refractivity contribution in [3.8, 4) is 16.9 Å². The average Bonchev–Trinajstić information content (AvgIpc) is 3.26. The summed E-state index contributed by atoms with van der Waals surface area (Å²) >= 11 is 6.19. The maximum absolute atomic E-state index is 15.0. The molecule has 7 N–H and O–H groups in total. The highest BCUT2D eigenvalue weighted by Crippen LogP contribution is 2.31. The molecule has 0 aliphatic carbocycles. The minimum absolute atomic E-state index is 0.0163. The summed E-state index contributed by atoms with van der Waals surface area (Å²) in [4.78, 5) is 20.0. The molecule has 0 aliphatic rings. The number of aromatic nitrogens is 3. The Hall–Kier alpha value is -3.53. The van der Waals surface area contributed by atoms with E-state index in [2.05, 4.69) is 9.97 Å². The first-order chi connectivity index (χ1) is 17.6. The minimum Gasteiger partial charge on any atom is -0.388 e. The molecule has 10 heteroatoms. The molecule has 194 valence electrons. The standard InChI is InChI=1S/C27H30ClFN6O2/c1-15(30)3-2-4-16-11-20(25(29)21(28)12-16)22-13-18-14-35(27(37)34-26(18)33-22)19-7-5-17(6-8-19)23(36)9-10-24(31)32/h5-8,11-15,23,36H,2-4,9-10,30H2,1H3,(H3,31,32)(H,33,34,37)/t15-,23?/m0/s1. The van der Waals surface area contributed by atoms with E-state index in [1.54, 1.807) is 48.7 Å². The van der Waals surface area contributed by atoms with Crippen LogP contribution in [0.1, 0.15) is 49.8 Å². The highest BCUT2D eigenvalue weighted by atomic mass is 35.5. The molecule has 0 radical (unpaired) electrons. The summed E-state index contributed by atoms with van der Waals surface area (Å²) < 4.78 is 16.4. The zero-order valence-electron chi connectivity index (χ0n) is 20.5. The van der Waals surface area contributed by atoms with Crippen LogP contribution in [0.2, 0.25) is 5.02 Å². The van der Waals surface area contributed by atoms with Crippen LogP contribution in [-0.2, 0) is 6.42 Å². The summed E-state index contributed by atoms with van der Waals surface area (Å²) in [5, 5.41) is 18.2. The minimum atomic E-state index is -0.765. The second-order valence-electron chi connectivity index (χ2n) is 9.36. The molecule has 4 rings (SSSR count). The third kappa shape index (κ3) is 6.25. The fraction of sp³-hybridized carbons (Fsp3) is 0.296. The Morgan fingerprint density at radius 1 is 1.24 bits per heavy atom. The van der Waals surface area contributed by atoms with Crippen LogP contribution in [0.3, 0.4) is 0 Å². The zero-order valence-corrected chi connectivity index (χ0v) is 21.2. The molecular weight excluding hydrogens is 495 g/mol. The van der Waals surface area contributed by atoms with E-state index in [0.29, 0.717) is 46.4 Å². The van der Waals surface area contributed by atoms with E-state index >= 15 is 0 Å². The van der Waals surface area contributed by atoms with Crippen molar-refractivity contribution in [2.24, 2.45) is 11.5 Å². The van der Waals surface area contributed by atoms with Crippen LogP contribution >= 0.6 is 11.6 Å². The molecule has 0 saturated heterocycles. The lowest BCUT2D eigenvalue weighted by Crippen LogP contribution is -2.20. The van der Waals surface area contributed by atoms with Crippen LogP contribution in [0.15, 0.2) is 53.5 Å². The van der Waals surface area contributed by atoms with Crippen molar-refractivity contribution in [3.63, 3.8) is 0 Å². The van der Waals surface area contributed by atoms with E-state index in [1.165, 1.54) is 4.57 Å². The molecule has 2 atom stereocenters. The van der Waals surface area contributed by atoms with Gasteiger partial charge in [0.25, 0.3) is 0 Å². The number of fused-ring (bicyclic) bond motifs is 1. The number of aliphatic hydroxyl groups is 1. The van der Waals surface area contributed by atoms with Crippen molar-refractivity contribution in [2.75, 3.05) is 0 Å². The van der Waals surface area contributed by atoms with Gasteiger partial charge in [-0.15, -0.1) is 0 Å². The molecular formula is C27H30ClFN6O2. The predicted molar refractivity (Wildman–Crippen MR) is 145 cm³/mol. The number of halogens is 2. The van der Waals surface area contributed by atoms with E-state index in [-0.39, 0.29) is 16.9 Å². The SMILES string of the molecule is C[C@H](N)CCCc1cc(Cl)c(F)c(-c2cc3cn(-c4ccc(C(O)CCC(=N)N)cc4)c(=O)nc3[nH]2)c1. The fourth-order valence-electron chi connectivity index (χ4n) is 4.25. The maximum atomic E-state index is 15.0. The first-order valence-electron chi connectivity index (χ1n) is 12.1. The molecule has 4 aromatic rings. The topological polar surface area (TPSA) is 147 Å². The highest BCUT2D eigenvalue weighted by Gasteiger charge is 2.16. The van der Waals surface area contributed by atoms with Gasteiger partial charge in [0.15, 0.2) is 5.82 Å². The van der Waals surface area contributed by atoms with Crippen LogP contribution < -0.4 is 17.2 Å². The molecule has 0 saturated carbocycles. The predicted octanol–water partition coefficient (Wildman–Crippen LogP) is 4.59. The smallest absolute Gasteiger partial charge is 0.354 e. The molecule has 2 aromatic carbocycles. The average molecular weight is 525 g/mol. The number of nitrogens with one attached hydrogen (secondary N) is 2. The third-order valence-corrected chi connectivity index (χ3v) is 6.53. The molecule has 2 aromatic heterocycles. The van der Waals surface area contributed by atoms with Crippen LogP contribution in [0, 0.1) is 11.2 Å². The number of aromatic amines is 1. The van der Waals surface area contributed by atoms with Crippen molar-refractivity contribution in [2.45, 2.75) is 51.2 Å². The summed E-state index contributed by atoms with van der Waals surface area (Å²) in [6.45, 7) is 1.95. The molecule has 0 aliphatic heterocycles. The normalized spacial score (nSPS) is 13.1. The molecule has 8 nitrogen and oxygen atoms in total. The van der Waals surface area contributed by atoms with Crippen LogP contribution in [0.25, 0.3) is 28.0 Å². The van der Waals surface area contributed by atoms with Crippen molar-refractivity contribution in [1.29, 1.82) is 5.41 Å². The van der Waals surface area contributed by atoms with E-state index in [1.807, 2.05) is 6.92 Å². The molecule has 2 heterocycles. The van der Waals surface area contributed by atoms with Gasteiger partial charge in [0.2, 0.25) is 0 Å². The summed E-state index contributed by atoms with van der Waals surface area (Å²) in [6, 6.07) is 12.1. The number of hydrogen-bond donors (Lipinski definition) is 5. The van der Waals surface area contributed by atoms with Gasteiger partial charge in [-0.05, 0) is 74.1 Å². The van der Waals surface area contributed by atoms with Crippen LogP contribution in [-0.4, -0.2) is 31.5 Å². The number of hydrogen-bond acceptors (Lipinski definition) is 5. The van der Waals surface area contributed by atoms with Gasteiger partial charge in [-0.25, -0.2) is 9.18 Å². The van der Waals surface area contributed by atoms with Crippen LogP contribution in [0.4, 0.5) is 4.39 Å². The monoisotopic (exact) mass is 524 g/mol. The summed E-state index contributed by atoms with van der Waals surface area (Å²) in [5.74, 6) is -0.527. The zero-order chi connectivity index (χ0) is 26.7. The molecule has 0 spiro atoms. The van der Waals surface area contributed by atoms with Crippen molar-refractivity contribution in [1.82, 2.24) is 14.5 Å². The Balaban J connectivity index is 1.63. The number of H-pyrrole nitrogens is 1. The van der Waals surface area contributed by atoms with Crippen molar-refractivity contribution < 1.29 is 9.50 Å². The number of nitrogens with zero attached hydrogens (tertiary/aromatic N) is 2. The Bertz CT molecular complexity index is 1480. The largest absolute Gasteiger partial charge is 0.388 e. The molecule has 0 fully saturated rings. The Morgan fingerprint density at radius 3 is 2.65 bits per heavy atom. The molecule has 37 heavy (non-hydrogen) atoms. The molecule has 0 bridgehead atoms. The van der Waals surface area contributed by atoms with Crippen LogP contribution in [0.5, 0.6) is 0 Å². The van der Waals surface area contributed by atoms with E-state index in [9.17, 15) is 14.3 Å². The van der Waals surface area contributed by atoms with Gasteiger partial charge in [-0.2, -0.15) is 4.98 Å². The lowest BCUT2D eigenvalue weighted by molar-refractivity contribution is 0.170. The number of benzene rings is 2. The lowest BCUT2D eigenvalue weighted by Gasteiger charge is -2.12. The second kappa shape index (κ2) is 11.2. The van der Waals surface area contributed by atoms with Gasteiger partial charge in [0.1, 0.15) is 5.65 Å². The number of aliphatic hydroxyl groups excluding tert-OH is 1. The van der Waals surface area contributed by atoms with Crippen molar-refractivity contribution in [3.05, 3.63) is 81.1 Å². The molecule has 0 amide bonds. The highest BCUT2D eigenvalue weighted by molar-refractivity contribution is 6.31. The fourth-order valence-corrected chi connectivity index (χ4v) is 4.50. The number of amidine groups is 1. The number of aryl methyl sites for hydroxylation is 1. The summed E-state index contributed by atoms with van der Waals surface area (Å²) in [6.07, 6.45) is 3.93. The molecule has 1 unspecified atom stereocenters. The Morgan fingerprint density at radius 2 is 1.97 bits per heavy atom. The quantitative estimate of drug-likeness (QED) is 0.152. The summed E-state index contributed by atoms with van der Waals surface area (Å²) in [5.41, 5.74) is 13.9. The maximum Gasteiger partial charge on any atom is 0.354 e. The van der Waals surface area contributed by atoms with E-state index in [4.69, 9.17) is 28.5 Å². The second-order valence-corrected chi connectivity index (χ2v) is 9.77.